The number of benzene rings is 4. The molecule has 0 radical (unpaired) electrons. The lowest BCUT2D eigenvalue weighted by atomic mass is 9.58. The highest BCUT2D eigenvalue weighted by Gasteiger charge is 2.61. The van der Waals surface area contributed by atoms with E-state index < -0.39 is 5.41 Å². The zero-order valence-corrected chi connectivity index (χ0v) is 17.2. The Balaban J connectivity index is 1.70. The van der Waals surface area contributed by atoms with E-state index in [9.17, 15) is 9.59 Å². The van der Waals surface area contributed by atoms with Crippen LogP contribution in [0, 0.1) is 0 Å². The number of hydrogen-bond donors (Lipinski definition) is 0. The molecule has 7 rings (SSSR count). The van der Waals surface area contributed by atoms with Crippen LogP contribution in [0.25, 0.3) is 11.1 Å². The van der Waals surface area contributed by atoms with Gasteiger partial charge in [-0.3, -0.25) is 9.59 Å². The Labute approximate surface area is 185 Å². The molecule has 3 aliphatic rings. The first-order chi connectivity index (χ1) is 15.7. The highest BCUT2D eigenvalue weighted by atomic mass is 16.1. The molecule has 0 unspecified atom stereocenters. The number of carbonyl (C=O) groups excluding carboxylic acids is 2. The van der Waals surface area contributed by atoms with Crippen molar-refractivity contribution >= 4 is 22.7 Å². The van der Waals surface area contributed by atoms with Gasteiger partial charge in [-0.15, -0.1) is 0 Å². The van der Waals surface area contributed by atoms with Gasteiger partial charge in [-0.25, -0.2) is 0 Å². The molecule has 0 aromatic heterocycles. The molecule has 0 N–H and O–H groups in total. The summed E-state index contributed by atoms with van der Waals surface area (Å²) in [6.45, 7) is 0. The first kappa shape index (κ1) is 17.6. The molecule has 2 atom stereocenters. The molecule has 0 aliphatic heterocycles. The summed E-state index contributed by atoms with van der Waals surface area (Å²) in [5.41, 5.74) is 7.08. The lowest BCUT2D eigenvalue weighted by Crippen LogP contribution is -2.41. The number of hydrogen-bond acceptors (Lipinski definition) is 2. The van der Waals surface area contributed by atoms with Crippen molar-refractivity contribution in [2.24, 2.45) is 0 Å². The second-order valence-corrected chi connectivity index (χ2v) is 8.73. The highest BCUT2D eigenvalue weighted by molar-refractivity contribution is 6.42. The van der Waals surface area contributed by atoms with Crippen molar-refractivity contribution in [3.05, 3.63) is 142 Å². The van der Waals surface area contributed by atoms with E-state index in [-0.39, 0.29) is 17.5 Å². The van der Waals surface area contributed by atoms with Crippen LogP contribution < -0.4 is 0 Å². The molecule has 0 heterocycles. The Bertz CT molecular complexity index is 1510. The standard InChI is InChI=1S/C30H18O2/c31-28-21-14-6-4-12-19(21)25-26(28)23-16-8-9-17-24(23)30(18-10-2-1-3-11-18)27(25)20-13-5-7-15-22(20)29(30)32/h1-17,27H/t27-,30+/m1/s1. The third-order valence-electron chi connectivity index (χ3n) is 7.40. The summed E-state index contributed by atoms with van der Waals surface area (Å²) < 4.78 is 0. The van der Waals surface area contributed by atoms with Gasteiger partial charge >= 0.3 is 0 Å². The molecule has 4 aromatic rings. The van der Waals surface area contributed by atoms with Crippen LogP contribution in [0.1, 0.15) is 54.5 Å². The summed E-state index contributed by atoms with van der Waals surface area (Å²) in [6.07, 6.45) is 0. The number of carbonyl (C=O) groups is 2. The molecule has 4 aromatic carbocycles. The fourth-order valence-electron chi connectivity index (χ4n) is 6.26. The maximum absolute atomic E-state index is 14.4. The highest BCUT2D eigenvalue weighted by Crippen LogP contribution is 2.65. The third kappa shape index (κ3) is 1.87. The van der Waals surface area contributed by atoms with Gasteiger partial charge in [0.1, 0.15) is 0 Å². The quantitative estimate of drug-likeness (QED) is 0.381. The van der Waals surface area contributed by atoms with Gasteiger partial charge < -0.3 is 0 Å². The molecule has 2 nitrogen and oxygen atoms in total. The Hall–Kier alpha value is -4.04. The fourth-order valence-corrected chi connectivity index (χ4v) is 6.26. The third-order valence-corrected chi connectivity index (χ3v) is 7.40. The Morgan fingerprint density at radius 3 is 1.94 bits per heavy atom. The average molecular weight is 410 g/mol. The number of ketones is 2. The molecular formula is C30H18O2. The van der Waals surface area contributed by atoms with Gasteiger partial charge in [0, 0.05) is 22.6 Å². The minimum Gasteiger partial charge on any atom is -0.293 e. The van der Waals surface area contributed by atoms with Crippen LogP contribution in [0.4, 0.5) is 0 Å². The molecular weight excluding hydrogens is 392 g/mol. The lowest BCUT2D eigenvalue weighted by Gasteiger charge is -2.41. The molecule has 0 fully saturated rings. The van der Waals surface area contributed by atoms with E-state index >= 15 is 0 Å². The molecule has 0 saturated carbocycles. The minimum atomic E-state index is -0.891. The predicted molar refractivity (Wildman–Crippen MR) is 125 cm³/mol. The minimum absolute atomic E-state index is 0.0570. The number of fused-ring (bicyclic) bond motifs is 9. The van der Waals surface area contributed by atoms with Crippen molar-refractivity contribution in [3.8, 4) is 0 Å². The fraction of sp³-hybridized carbons (Fsp3) is 0.0667. The van der Waals surface area contributed by atoms with Crippen LogP contribution in [-0.2, 0) is 5.41 Å². The van der Waals surface area contributed by atoms with Gasteiger partial charge in [0.15, 0.2) is 11.6 Å². The predicted octanol–water partition coefficient (Wildman–Crippen LogP) is 6.07. The maximum Gasteiger partial charge on any atom is 0.194 e. The van der Waals surface area contributed by atoms with E-state index in [0.29, 0.717) is 0 Å². The summed E-state index contributed by atoms with van der Waals surface area (Å²) in [5.74, 6) is -0.0761. The Morgan fingerprint density at radius 1 is 0.562 bits per heavy atom. The summed E-state index contributed by atoms with van der Waals surface area (Å²) >= 11 is 0. The van der Waals surface area contributed by atoms with Crippen LogP contribution >= 0.6 is 0 Å². The van der Waals surface area contributed by atoms with Crippen LogP contribution in [0.15, 0.2) is 103 Å². The Morgan fingerprint density at radius 2 is 1.16 bits per heavy atom. The molecule has 32 heavy (non-hydrogen) atoms. The molecule has 0 bridgehead atoms. The van der Waals surface area contributed by atoms with E-state index in [2.05, 4.69) is 18.2 Å². The van der Waals surface area contributed by atoms with Crippen molar-refractivity contribution in [1.29, 1.82) is 0 Å². The van der Waals surface area contributed by atoms with Crippen molar-refractivity contribution in [3.63, 3.8) is 0 Å². The first-order valence-corrected chi connectivity index (χ1v) is 10.9. The SMILES string of the molecule is O=C1C2=C(c3ccccc31)[C@H]1c3ccccc3C(=O)[C@@]1(c1ccccc1)c1ccccc12. The van der Waals surface area contributed by atoms with Gasteiger partial charge in [-0.05, 0) is 33.4 Å². The normalized spacial score (nSPS) is 22.2. The van der Waals surface area contributed by atoms with E-state index in [1.165, 1.54) is 0 Å². The van der Waals surface area contributed by atoms with Crippen molar-refractivity contribution in [1.82, 2.24) is 0 Å². The van der Waals surface area contributed by atoms with Gasteiger partial charge in [0.2, 0.25) is 0 Å². The summed E-state index contributed by atoms with van der Waals surface area (Å²) in [5, 5.41) is 0. The van der Waals surface area contributed by atoms with Crippen LogP contribution in [0.3, 0.4) is 0 Å². The molecule has 150 valence electrons. The average Bonchev–Trinajstić information content (AvgIpc) is 3.30. The summed E-state index contributed by atoms with van der Waals surface area (Å²) in [4.78, 5) is 28.1. The van der Waals surface area contributed by atoms with Crippen molar-refractivity contribution in [2.45, 2.75) is 11.3 Å². The van der Waals surface area contributed by atoms with Gasteiger partial charge in [-0.1, -0.05) is 103 Å². The van der Waals surface area contributed by atoms with E-state index in [4.69, 9.17) is 0 Å². The van der Waals surface area contributed by atoms with Crippen LogP contribution in [0.5, 0.6) is 0 Å². The molecule has 0 saturated heterocycles. The summed E-state index contributed by atoms with van der Waals surface area (Å²) in [6, 6.07) is 33.8. The van der Waals surface area contributed by atoms with Crippen molar-refractivity contribution < 1.29 is 9.59 Å². The van der Waals surface area contributed by atoms with E-state index in [0.717, 1.165) is 50.1 Å². The molecule has 0 amide bonds. The van der Waals surface area contributed by atoms with Crippen molar-refractivity contribution in [2.75, 3.05) is 0 Å². The number of Topliss-reactive ketones (excluding diaryl/α,β-unsaturated/α-hetero) is 2. The smallest absolute Gasteiger partial charge is 0.194 e. The lowest BCUT2D eigenvalue weighted by molar-refractivity contribution is 0.0921. The number of rotatable bonds is 1. The summed E-state index contributed by atoms with van der Waals surface area (Å²) in [7, 11) is 0. The zero-order valence-electron chi connectivity index (χ0n) is 17.2. The topological polar surface area (TPSA) is 34.1 Å². The van der Waals surface area contributed by atoms with Gasteiger partial charge in [0.25, 0.3) is 0 Å². The van der Waals surface area contributed by atoms with E-state index in [1.54, 1.807) is 0 Å². The molecule has 0 spiro atoms. The second-order valence-electron chi connectivity index (χ2n) is 8.73. The van der Waals surface area contributed by atoms with E-state index in [1.807, 2.05) is 84.9 Å². The maximum atomic E-state index is 14.4. The van der Waals surface area contributed by atoms with Crippen LogP contribution in [0.2, 0.25) is 0 Å². The molecule has 3 aliphatic carbocycles. The zero-order chi connectivity index (χ0) is 21.4. The number of allylic oxidation sites excluding steroid dienone is 2. The van der Waals surface area contributed by atoms with Crippen LogP contribution in [-0.4, -0.2) is 11.6 Å². The molecule has 2 heteroatoms. The largest absolute Gasteiger partial charge is 0.293 e. The Kier molecular flexibility index (Phi) is 3.31. The second kappa shape index (κ2) is 6.02. The van der Waals surface area contributed by atoms with Gasteiger partial charge in [0.05, 0.1) is 5.41 Å². The first-order valence-electron chi connectivity index (χ1n) is 10.9. The van der Waals surface area contributed by atoms with Gasteiger partial charge in [-0.2, -0.15) is 0 Å². The monoisotopic (exact) mass is 410 g/mol.